The van der Waals surface area contributed by atoms with Crippen LogP contribution in [0.15, 0.2) is 65.5 Å². The van der Waals surface area contributed by atoms with E-state index in [1.54, 1.807) is 38.3 Å². The Balaban J connectivity index is 1.67. The van der Waals surface area contributed by atoms with Crippen LogP contribution in [0.1, 0.15) is 25.3 Å². The third kappa shape index (κ3) is 7.47. The first-order valence-corrected chi connectivity index (χ1v) is 10.9. The molecule has 3 aromatic rings. The van der Waals surface area contributed by atoms with Gasteiger partial charge in [-0.25, -0.2) is 9.48 Å². The Morgan fingerprint density at radius 3 is 2.58 bits per heavy atom. The Kier molecular flexibility index (Phi) is 9.02. The summed E-state index contributed by atoms with van der Waals surface area (Å²) in [5, 5.41) is 7.18. The molecule has 1 heterocycles. The molecule has 2 aromatic carbocycles. The van der Waals surface area contributed by atoms with Crippen LogP contribution in [-0.2, 0) is 16.0 Å². The Morgan fingerprint density at radius 1 is 1.03 bits per heavy atom. The molecular formula is C25H29N3O5. The molecule has 0 aliphatic carbocycles. The number of nitrogens with one attached hydrogen (secondary N) is 1. The normalized spacial score (nSPS) is 10.6. The smallest absolute Gasteiger partial charge is 0.411 e. The molecule has 0 aliphatic rings. The van der Waals surface area contributed by atoms with Gasteiger partial charge in [-0.05, 0) is 67.8 Å². The lowest BCUT2D eigenvalue weighted by Gasteiger charge is -2.10. The van der Waals surface area contributed by atoms with E-state index in [2.05, 4.69) is 10.4 Å². The van der Waals surface area contributed by atoms with Gasteiger partial charge in [-0.1, -0.05) is 12.1 Å². The molecule has 3 rings (SSSR count). The molecule has 8 heteroatoms. The minimum absolute atomic E-state index is 0.210. The first kappa shape index (κ1) is 24.0. The molecule has 1 N–H and O–H groups in total. The van der Waals surface area contributed by atoms with E-state index in [0.29, 0.717) is 24.6 Å². The van der Waals surface area contributed by atoms with Gasteiger partial charge in [-0.3, -0.25) is 10.1 Å². The zero-order chi connectivity index (χ0) is 23.5. The molecule has 0 saturated heterocycles. The summed E-state index contributed by atoms with van der Waals surface area (Å²) in [7, 11) is 1.69. The molecule has 0 unspecified atom stereocenters. The summed E-state index contributed by atoms with van der Waals surface area (Å²) in [6.45, 7) is 3.67. The van der Waals surface area contributed by atoms with E-state index < -0.39 is 6.09 Å². The highest BCUT2D eigenvalue weighted by atomic mass is 16.5. The number of unbranched alkanes of at least 4 members (excludes halogenated alkanes) is 1. The average molecular weight is 452 g/mol. The molecule has 33 heavy (non-hydrogen) atoms. The van der Waals surface area contributed by atoms with Crippen molar-refractivity contribution in [2.24, 2.45) is 0 Å². The molecule has 0 bridgehead atoms. The molecule has 0 spiro atoms. The maximum atomic E-state index is 12.4. The van der Waals surface area contributed by atoms with Gasteiger partial charge in [0, 0.05) is 31.0 Å². The Hall–Kier alpha value is -3.65. The summed E-state index contributed by atoms with van der Waals surface area (Å²) >= 11 is 0. The summed E-state index contributed by atoms with van der Waals surface area (Å²) in [5.74, 6) is 0.787. The molecule has 0 aliphatic heterocycles. The molecule has 1 aromatic heterocycles. The van der Waals surface area contributed by atoms with Crippen LogP contribution in [0, 0.1) is 0 Å². The van der Waals surface area contributed by atoms with Crippen LogP contribution < -0.4 is 15.6 Å². The maximum absolute atomic E-state index is 12.4. The van der Waals surface area contributed by atoms with Crippen LogP contribution in [0.25, 0.3) is 11.3 Å². The Bertz CT molecular complexity index is 1100. The minimum Gasteiger partial charge on any atom is -0.494 e. The summed E-state index contributed by atoms with van der Waals surface area (Å²) in [4.78, 5) is 24.0. The highest BCUT2D eigenvalue weighted by Crippen LogP contribution is 2.20. The zero-order valence-electron chi connectivity index (χ0n) is 19.0. The molecule has 174 valence electrons. The van der Waals surface area contributed by atoms with Gasteiger partial charge >= 0.3 is 6.09 Å². The van der Waals surface area contributed by atoms with Crippen molar-refractivity contribution in [3.8, 4) is 17.0 Å². The van der Waals surface area contributed by atoms with Crippen molar-refractivity contribution in [2.45, 2.75) is 26.3 Å². The number of nitrogens with zero attached hydrogens (tertiary/aromatic N) is 2. The number of anilines is 1. The topological polar surface area (TPSA) is 91.7 Å². The number of hydrogen-bond acceptors (Lipinski definition) is 6. The first-order chi connectivity index (χ1) is 16.1. The molecule has 0 saturated carbocycles. The standard InChI is InChI=1S/C25H29N3O5/c1-3-32-25(30)26-21-8-6-7-19(17-21)18-28-24(29)14-13-23(27-28)20-9-11-22(12-10-20)33-16-5-4-15-31-2/h6-14,17H,3-5,15-16,18H2,1-2H3,(H,26,30). The Morgan fingerprint density at radius 2 is 1.82 bits per heavy atom. The van der Waals surface area contributed by atoms with Gasteiger partial charge in [0.25, 0.3) is 5.56 Å². The van der Waals surface area contributed by atoms with E-state index in [1.165, 1.54) is 10.7 Å². The van der Waals surface area contributed by atoms with E-state index in [4.69, 9.17) is 14.2 Å². The second kappa shape index (κ2) is 12.4. The zero-order valence-corrected chi connectivity index (χ0v) is 19.0. The van der Waals surface area contributed by atoms with Gasteiger partial charge in [0.15, 0.2) is 0 Å². The highest BCUT2D eigenvalue weighted by Gasteiger charge is 2.07. The average Bonchev–Trinajstić information content (AvgIpc) is 2.81. The minimum atomic E-state index is -0.519. The van der Waals surface area contributed by atoms with E-state index in [1.807, 2.05) is 30.3 Å². The first-order valence-electron chi connectivity index (χ1n) is 10.9. The third-order valence-electron chi connectivity index (χ3n) is 4.81. The highest BCUT2D eigenvalue weighted by molar-refractivity contribution is 5.84. The van der Waals surface area contributed by atoms with Gasteiger partial charge in [0.1, 0.15) is 5.75 Å². The molecule has 0 fully saturated rings. The largest absolute Gasteiger partial charge is 0.494 e. The second-order valence-corrected chi connectivity index (χ2v) is 7.33. The summed E-state index contributed by atoms with van der Waals surface area (Å²) < 4.78 is 17.1. The molecular weight excluding hydrogens is 422 g/mol. The number of methoxy groups -OCH3 is 1. The van der Waals surface area contributed by atoms with Crippen molar-refractivity contribution < 1.29 is 19.0 Å². The van der Waals surface area contributed by atoms with E-state index in [9.17, 15) is 9.59 Å². The van der Waals surface area contributed by atoms with Gasteiger partial charge in [0.05, 0.1) is 25.5 Å². The maximum Gasteiger partial charge on any atom is 0.411 e. The van der Waals surface area contributed by atoms with E-state index in [0.717, 1.165) is 36.3 Å². The van der Waals surface area contributed by atoms with Crippen molar-refractivity contribution >= 4 is 11.8 Å². The Labute approximate surface area is 193 Å². The van der Waals surface area contributed by atoms with Crippen molar-refractivity contribution in [1.82, 2.24) is 9.78 Å². The summed E-state index contributed by atoms with van der Waals surface area (Å²) in [6, 6.07) is 18.1. The lowest BCUT2D eigenvalue weighted by molar-refractivity contribution is 0.168. The molecule has 0 radical (unpaired) electrons. The number of ether oxygens (including phenoxy) is 3. The van der Waals surface area contributed by atoms with Crippen LogP contribution in [-0.4, -0.2) is 42.8 Å². The SMILES string of the molecule is CCOC(=O)Nc1cccc(Cn2nc(-c3ccc(OCCCCOC)cc3)ccc2=O)c1. The number of carbonyl (C=O) groups excluding carboxylic acids is 1. The van der Waals surface area contributed by atoms with Gasteiger partial charge in [-0.2, -0.15) is 5.10 Å². The van der Waals surface area contributed by atoms with Gasteiger partial charge < -0.3 is 14.2 Å². The number of hydrogen-bond donors (Lipinski definition) is 1. The van der Waals surface area contributed by atoms with Crippen LogP contribution in [0.5, 0.6) is 5.75 Å². The number of aromatic nitrogens is 2. The monoisotopic (exact) mass is 451 g/mol. The van der Waals surface area contributed by atoms with Crippen molar-refractivity contribution in [2.75, 3.05) is 32.2 Å². The van der Waals surface area contributed by atoms with E-state index in [-0.39, 0.29) is 12.1 Å². The fourth-order valence-electron chi connectivity index (χ4n) is 3.18. The van der Waals surface area contributed by atoms with Crippen molar-refractivity contribution in [3.05, 3.63) is 76.6 Å². The molecule has 8 nitrogen and oxygen atoms in total. The molecule has 1 amide bonds. The number of carbonyl (C=O) groups is 1. The van der Waals surface area contributed by atoms with Crippen LogP contribution >= 0.6 is 0 Å². The predicted octanol–water partition coefficient (Wildman–Crippen LogP) is 4.33. The number of amides is 1. The third-order valence-corrected chi connectivity index (χ3v) is 4.81. The van der Waals surface area contributed by atoms with Crippen LogP contribution in [0.3, 0.4) is 0 Å². The summed E-state index contributed by atoms with van der Waals surface area (Å²) in [5.41, 5.74) is 2.77. The van der Waals surface area contributed by atoms with Crippen LogP contribution in [0.4, 0.5) is 10.5 Å². The number of benzene rings is 2. The fourth-order valence-corrected chi connectivity index (χ4v) is 3.18. The van der Waals surface area contributed by atoms with Crippen LogP contribution in [0.2, 0.25) is 0 Å². The van der Waals surface area contributed by atoms with Gasteiger partial charge in [0.2, 0.25) is 0 Å². The number of rotatable bonds is 11. The fraction of sp³-hybridized carbons (Fsp3) is 0.320. The second-order valence-electron chi connectivity index (χ2n) is 7.33. The lowest BCUT2D eigenvalue weighted by atomic mass is 10.1. The predicted molar refractivity (Wildman–Crippen MR) is 127 cm³/mol. The van der Waals surface area contributed by atoms with Gasteiger partial charge in [-0.15, -0.1) is 0 Å². The van der Waals surface area contributed by atoms with Crippen molar-refractivity contribution in [3.63, 3.8) is 0 Å². The van der Waals surface area contributed by atoms with Crippen molar-refractivity contribution in [1.29, 1.82) is 0 Å². The quantitative estimate of drug-likeness (QED) is 0.436. The summed E-state index contributed by atoms with van der Waals surface area (Å²) in [6.07, 6.45) is 1.37. The molecule has 0 atom stereocenters. The lowest BCUT2D eigenvalue weighted by Crippen LogP contribution is -2.23. The van der Waals surface area contributed by atoms with E-state index >= 15 is 0 Å².